The minimum absolute atomic E-state index is 0.317. The summed E-state index contributed by atoms with van der Waals surface area (Å²) >= 11 is 0. The summed E-state index contributed by atoms with van der Waals surface area (Å²) in [6, 6.07) is 2.14. The second-order valence-corrected chi connectivity index (χ2v) is 8.69. The number of rotatable bonds is 8. The van der Waals surface area contributed by atoms with Crippen molar-refractivity contribution < 1.29 is 9.36 Å². The van der Waals surface area contributed by atoms with Crippen LogP contribution in [0.3, 0.4) is 0 Å². The smallest absolute Gasteiger partial charge is 0.184 e. The van der Waals surface area contributed by atoms with Gasteiger partial charge in [0.2, 0.25) is 0 Å². The Morgan fingerprint density at radius 2 is 1.95 bits per heavy atom. The fourth-order valence-electron chi connectivity index (χ4n) is 2.75. The molecule has 5 heteroatoms. The van der Waals surface area contributed by atoms with Gasteiger partial charge in [0.05, 0.1) is 25.8 Å². The largest absolute Gasteiger partial charge is 0.295 e. The van der Waals surface area contributed by atoms with Gasteiger partial charge in [-0.05, 0) is 26.7 Å². The third kappa shape index (κ3) is 3.47. The molecule has 1 aliphatic rings. The molecule has 0 bridgehead atoms. The summed E-state index contributed by atoms with van der Waals surface area (Å²) in [4.78, 5) is 5.38. The van der Waals surface area contributed by atoms with Crippen molar-refractivity contribution in [1.82, 2.24) is 5.06 Å². The normalized spacial score (nSPS) is 30.4. The number of hydrogen-bond acceptors (Lipinski definition) is 4. The summed E-state index contributed by atoms with van der Waals surface area (Å²) in [5, 5.41) is 10.7. The van der Waals surface area contributed by atoms with E-state index in [1.165, 1.54) is 0 Å². The average Bonchev–Trinajstić information content (AvgIpc) is 2.42. The van der Waals surface area contributed by atoms with Crippen LogP contribution in [0.2, 0.25) is 0 Å². The first-order valence-electron chi connectivity index (χ1n) is 6.79. The molecule has 106 valence electrons. The third-order valence-electron chi connectivity index (χ3n) is 3.84. The molecule has 0 aromatic rings. The summed E-state index contributed by atoms with van der Waals surface area (Å²) in [5.74, 6) is 3.31. The number of hydrogen-bond donors (Lipinski definition) is 0. The number of unbranched alkanes of at least 4 members (excludes halogenated alkanes) is 2. The fourth-order valence-corrected chi connectivity index (χ4v) is 6.97. The number of nitrogens with zero attached hydrogens (tertiary/aromatic N) is 2. The molecule has 0 aromatic heterocycles. The van der Waals surface area contributed by atoms with Crippen molar-refractivity contribution >= 4 is 7.49 Å². The van der Waals surface area contributed by atoms with Crippen LogP contribution >= 0.6 is 7.49 Å². The standard InChI is InChI=1S/C14H24N2O2P/c1-5-6-7-8-12-19(18-11-9-10-15)13(2)16(17-4)14(19)3/h1,13-14H,6-9,11-12H2,2-4H3/q+1. The zero-order chi connectivity index (χ0) is 14.3. The molecule has 1 rings (SSSR count). The maximum atomic E-state index is 8.65. The van der Waals surface area contributed by atoms with Gasteiger partial charge in [-0.1, -0.05) is 0 Å². The van der Waals surface area contributed by atoms with Crippen LogP contribution in [-0.2, 0) is 9.36 Å². The first-order valence-corrected chi connectivity index (χ1v) is 8.82. The second kappa shape index (κ2) is 7.83. The third-order valence-corrected chi connectivity index (χ3v) is 8.50. The topological polar surface area (TPSA) is 45.5 Å². The van der Waals surface area contributed by atoms with E-state index in [2.05, 4.69) is 25.8 Å². The van der Waals surface area contributed by atoms with E-state index < -0.39 is 7.49 Å². The van der Waals surface area contributed by atoms with E-state index in [1.54, 1.807) is 7.11 Å². The molecule has 0 aliphatic carbocycles. The van der Waals surface area contributed by atoms with Crippen LogP contribution in [-0.4, -0.2) is 36.5 Å². The number of terminal acetylenes is 1. The van der Waals surface area contributed by atoms with Gasteiger partial charge in [-0.3, -0.25) is 4.84 Å². The van der Waals surface area contributed by atoms with Crippen molar-refractivity contribution in [3.05, 3.63) is 0 Å². The quantitative estimate of drug-likeness (QED) is 0.390. The Balaban J connectivity index is 2.59. The Kier molecular flexibility index (Phi) is 6.76. The molecule has 2 unspecified atom stereocenters. The van der Waals surface area contributed by atoms with Gasteiger partial charge in [-0.15, -0.1) is 17.4 Å². The summed E-state index contributed by atoms with van der Waals surface area (Å²) in [6.07, 6.45) is 9.78. The molecule has 0 radical (unpaired) electrons. The highest BCUT2D eigenvalue weighted by Crippen LogP contribution is 2.77. The molecule has 1 fully saturated rings. The van der Waals surface area contributed by atoms with E-state index in [-0.39, 0.29) is 0 Å². The maximum Gasteiger partial charge on any atom is 0.184 e. The zero-order valence-electron chi connectivity index (χ0n) is 12.1. The lowest BCUT2D eigenvalue weighted by Crippen LogP contribution is -2.55. The molecule has 0 spiro atoms. The first-order chi connectivity index (χ1) is 9.14. The molecule has 1 heterocycles. The van der Waals surface area contributed by atoms with E-state index in [4.69, 9.17) is 21.0 Å². The van der Waals surface area contributed by atoms with E-state index >= 15 is 0 Å². The highest BCUT2D eigenvalue weighted by molar-refractivity contribution is 7.73. The predicted octanol–water partition coefficient (Wildman–Crippen LogP) is 3.22. The molecule has 0 saturated carbocycles. The zero-order valence-corrected chi connectivity index (χ0v) is 13.0. The summed E-state index contributed by atoms with van der Waals surface area (Å²) < 4.78 is 6.16. The highest BCUT2D eigenvalue weighted by atomic mass is 31.2. The Morgan fingerprint density at radius 1 is 1.26 bits per heavy atom. The van der Waals surface area contributed by atoms with Crippen molar-refractivity contribution in [2.45, 2.75) is 51.1 Å². The lowest BCUT2D eigenvalue weighted by Gasteiger charge is -2.51. The van der Waals surface area contributed by atoms with Gasteiger partial charge in [0.15, 0.2) is 19.1 Å². The molecule has 4 nitrogen and oxygen atoms in total. The van der Waals surface area contributed by atoms with E-state index in [0.29, 0.717) is 24.6 Å². The van der Waals surface area contributed by atoms with E-state index in [9.17, 15) is 0 Å². The summed E-state index contributed by atoms with van der Waals surface area (Å²) in [7, 11) is 0.190. The van der Waals surface area contributed by atoms with Crippen molar-refractivity contribution in [1.29, 1.82) is 5.26 Å². The van der Waals surface area contributed by atoms with Gasteiger partial charge >= 0.3 is 0 Å². The van der Waals surface area contributed by atoms with Gasteiger partial charge < -0.3 is 0 Å². The molecule has 0 aromatic carbocycles. The van der Waals surface area contributed by atoms with Crippen LogP contribution in [0.1, 0.15) is 39.5 Å². The lowest BCUT2D eigenvalue weighted by molar-refractivity contribution is -0.173. The van der Waals surface area contributed by atoms with Crippen LogP contribution in [0, 0.1) is 23.7 Å². The van der Waals surface area contributed by atoms with Gasteiger partial charge in [-0.2, -0.15) is 5.26 Å². The molecule has 1 saturated heterocycles. The minimum Gasteiger partial charge on any atom is -0.295 e. The molecule has 1 aliphatic heterocycles. The molecular weight excluding hydrogens is 259 g/mol. The van der Waals surface area contributed by atoms with Crippen molar-refractivity contribution in [3.63, 3.8) is 0 Å². The van der Waals surface area contributed by atoms with Gasteiger partial charge in [-0.25, -0.2) is 4.52 Å². The molecule has 19 heavy (non-hydrogen) atoms. The van der Waals surface area contributed by atoms with Crippen LogP contribution in [0.25, 0.3) is 0 Å². The number of hydroxylamine groups is 2. The van der Waals surface area contributed by atoms with Crippen molar-refractivity contribution in [2.75, 3.05) is 19.9 Å². The Hall–Kier alpha value is -0.640. The van der Waals surface area contributed by atoms with Gasteiger partial charge in [0.1, 0.15) is 6.61 Å². The molecule has 2 atom stereocenters. The highest BCUT2D eigenvalue weighted by Gasteiger charge is 2.66. The van der Waals surface area contributed by atoms with Crippen molar-refractivity contribution in [3.8, 4) is 18.4 Å². The molecule has 0 amide bonds. The van der Waals surface area contributed by atoms with Gasteiger partial charge in [0.25, 0.3) is 0 Å². The van der Waals surface area contributed by atoms with Crippen LogP contribution in [0.5, 0.6) is 0 Å². The Bertz CT molecular complexity index is 351. The van der Waals surface area contributed by atoms with Crippen molar-refractivity contribution in [2.24, 2.45) is 0 Å². The second-order valence-electron chi connectivity index (χ2n) is 4.79. The SMILES string of the molecule is C#CCCCC[P+]1(OCCC#N)C(C)N(OC)C1C. The Labute approximate surface area is 117 Å². The predicted molar refractivity (Wildman–Crippen MR) is 78.4 cm³/mol. The van der Waals surface area contributed by atoms with E-state index in [0.717, 1.165) is 25.4 Å². The average molecular weight is 283 g/mol. The summed E-state index contributed by atoms with van der Waals surface area (Å²) in [6.45, 7) is 4.85. The molecular formula is C14H24N2O2P+. The number of nitriles is 1. The van der Waals surface area contributed by atoms with Crippen LogP contribution in [0.4, 0.5) is 0 Å². The lowest BCUT2D eigenvalue weighted by atomic mass is 10.3. The van der Waals surface area contributed by atoms with Crippen LogP contribution in [0.15, 0.2) is 0 Å². The Morgan fingerprint density at radius 3 is 2.47 bits per heavy atom. The van der Waals surface area contributed by atoms with Crippen LogP contribution < -0.4 is 0 Å². The molecule has 0 N–H and O–H groups in total. The summed E-state index contributed by atoms with van der Waals surface area (Å²) in [5.41, 5.74) is 0. The van der Waals surface area contributed by atoms with Gasteiger partial charge in [0, 0.05) is 6.42 Å². The maximum absolute atomic E-state index is 8.65. The first kappa shape index (κ1) is 16.4. The fraction of sp³-hybridized carbons (Fsp3) is 0.786. The van der Waals surface area contributed by atoms with E-state index in [1.807, 2.05) is 5.06 Å². The monoisotopic (exact) mass is 283 g/mol. The minimum atomic E-state index is -1.51.